The summed E-state index contributed by atoms with van der Waals surface area (Å²) >= 11 is 0. The Hall–Kier alpha value is -1.57. The third-order valence-electron chi connectivity index (χ3n) is 1.52. The quantitative estimate of drug-likeness (QED) is 0.666. The van der Waals surface area contributed by atoms with Crippen LogP contribution in [0.2, 0.25) is 0 Å². The van der Waals surface area contributed by atoms with Crippen LogP contribution in [0, 0.1) is 17.2 Å². The Balaban J connectivity index is 4.31. The van der Waals surface area contributed by atoms with Crippen molar-refractivity contribution in [3.63, 3.8) is 0 Å². The molecule has 0 aromatic rings. The summed E-state index contributed by atoms with van der Waals surface area (Å²) in [6.07, 6.45) is -0.208. The van der Waals surface area contributed by atoms with Gasteiger partial charge in [0.05, 0.1) is 12.6 Å². The van der Waals surface area contributed by atoms with Gasteiger partial charge < -0.3 is 10.6 Å². The zero-order valence-corrected chi connectivity index (χ0v) is 8.49. The second-order valence-electron chi connectivity index (χ2n) is 3.47. The summed E-state index contributed by atoms with van der Waals surface area (Å²) in [7, 11) is 0. The van der Waals surface area contributed by atoms with Gasteiger partial charge in [0.1, 0.15) is 6.42 Å². The lowest BCUT2D eigenvalue weighted by molar-refractivity contribution is -0.134. The van der Waals surface area contributed by atoms with Gasteiger partial charge in [0.15, 0.2) is 0 Å². The molecular formula is C9H15N3O2. The SMILES string of the molecule is CC(C)CN(CC(N)=O)C(=O)CC#N. The molecular weight excluding hydrogens is 182 g/mol. The third kappa shape index (κ3) is 5.14. The van der Waals surface area contributed by atoms with E-state index in [1.54, 1.807) is 6.07 Å². The van der Waals surface area contributed by atoms with Crippen molar-refractivity contribution in [1.82, 2.24) is 4.90 Å². The molecule has 0 radical (unpaired) electrons. The number of rotatable bonds is 5. The van der Waals surface area contributed by atoms with E-state index < -0.39 is 5.91 Å². The molecule has 0 aliphatic heterocycles. The molecule has 0 aromatic heterocycles. The highest BCUT2D eigenvalue weighted by molar-refractivity contribution is 5.84. The molecule has 0 unspecified atom stereocenters. The van der Waals surface area contributed by atoms with Crippen LogP contribution >= 0.6 is 0 Å². The topological polar surface area (TPSA) is 87.2 Å². The molecule has 0 saturated carbocycles. The summed E-state index contributed by atoms with van der Waals surface area (Å²) in [4.78, 5) is 23.3. The van der Waals surface area contributed by atoms with E-state index in [1.165, 1.54) is 4.90 Å². The second kappa shape index (κ2) is 5.97. The first-order valence-corrected chi connectivity index (χ1v) is 4.40. The minimum atomic E-state index is -0.558. The monoisotopic (exact) mass is 197 g/mol. The number of hydrogen-bond donors (Lipinski definition) is 1. The number of carbonyl (C=O) groups is 2. The predicted octanol–water partition coefficient (Wildman–Crippen LogP) is -0.130. The lowest BCUT2D eigenvalue weighted by Gasteiger charge is -2.21. The van der Waals surface area contributed by atoms with E-state index in [9.17, 15) is 9.59 Å². The van der Waals surface area contributed by atoms with Gasteiger partial charge in [0.25, 0.3) is 0 Å². The zero-order valence-electron chi connectivity index (χ0n) is 8.49. The number of nitrogens with two attached hydrogens (primary N) is 1. The summed E-state index contributed by atoms with van der Waals surface area (Å²) < 4.78 is 0. The Bertz CT molecular complexity index is 255. The lowest BCUT2D eigenvalue weighted by Crippen LogP contribution is -2.40. The molecule has 0 atom stereocenters. The Morgan fingerprint density at radius 3 is 2.43 bits per heavy atom. The van der Waals surface area contributed by atoms with E-state index >= 15 is 0 Å². The summed E-state index contributed by atoms with van der Waals surface area (Å²) in [5, 5.41) is 8.34. The van der Waals surface area contributed by atoms with Gasteiger partial charge in [0, 0.05) is 6.54 Å². The highest BCUT2D eigenvalue weighted by Crippen LogP contribution is 2.00. The Morgan fingerprint density at radius 2 is 2.07 bits per heavy atom. The number of nitriles is 1. The van der Waals surface area contributed by atoms with E-state index in [2.05, 4.69) is 0 Å². The van der Waals surface area contributed by atoms with Crippen LogP contribution in [0.3, 0.4) is 0 Å². The maximum Gasteiger partial charge on any atom is 0.237 e. The lowest BCUT2D eigenvalue weighted by atomic mass is 10.2. The van der Waals surface area contributed by atoms with Crippen LogP contribution in [0.25, 0.3) is 0 Å². The molecule has 0 bridgehead atoms. The van der Waals surface area contributed by atoms with Crippen LogP contribution in [0.1, 0.15) is 20.3 Å². The van der Waals surface area contributed by atoms with Gasteiger partial charge in [-0.25, -0.2) is 0 Å². The molecule has 5 nitrogen and oxygen atoms in total. The average molecular weight is 197 g/mol. The van der Waals surface area contributed by atoms with Crippen molar-refractivity contribution in [2.75, 3.05) is 13.1 Å². The first-order chi connectivity index (χ1) is 6.47. The molecule has 2 amide bonds. The highest BCUT2D eigenvalue weighted by Gasteiger charge is 2.16. The Morgan fingerprint density at radius 1 is 1.50 bits per heavy atom. The average Bonchev–Trinajstić information content (AvgIpc) is 2.01. The van der Waals surface area contributed by atoms with E-state index in [4.69, 9.17) is 11.0 Å². The van der Waals surface area contributed by atoms with Crippen molar-refractivity contribution in [1.29, 1.82) is 5.26 Å². The first kappa shape index (κ1) is 12.4. The van der Waals surface area contributed by atoms with Crippen molar-refractivity contribution in [2.45, 2.75) is 20.3 Å². The maximum absolute atomic E-state index is 11.3. The summed E-state index contributed by atoms with van der Waals surface area (Å²) in [6.45, 7) is 4.18. The molecule has 0 aliphatic rings. The van der Waals surface area contributed by atoms with Crippen LogP contribution in [0.5, 0.6) is 0 Å². The van der Waals surface area contributed by atoms with Crippen molar-refractivity contribution in [2.24, 2.45) is 11.7 Å². The maximum atomic E-state index is 11.3. The molecule has 14 heavy (non-hydrogen) atoms. The molecule has 0 fully saturated rings. The number of amides is 2. The predicted molar refractivity (Wildman–Crippen MR) is 50.8 cm³/mol. The van der Waals surface area contributed by atoms with Crippen LogP contribution in [-0.4, -0.2) is 29.8 Å². The van der Waals surface area contributed by atoms with Crippen LogP contribution in [0.4, 0.5) is 0 Å². The van der Waals surface area contributed by atoms with E-state index in [-0.39, 0.29) is 24.8 Å². The third-order valence-corrected chi connectivity index (χ3v) is 1.52. The van der Waals surface area contributed by atoms with Gasteiger partial charge in [-0.2, -0.15) is 5.26 Å². The number of hydrogen-bond acceptors (Lipinski definition) is 3. The van der Waals surface area contributed by atoms with E-state index in [0.717, 1.165) is 0 Å². The van der Waals surface area contributed by atoms with Gasteiger partial charge in [-0.05, 0) is 5.92 Å². The van der Waals surface area contributed by atoms with Crippen molar-refractivity contribution >= 4 is 11.8 Å². The van der Waals surface area contributed by atoms with Gasteiger partial charge in [-0.15, -0.1) is 0 Å². The van der Waals surface area contributed by atoms with Crippen molar-refractivity contribution in [3.05, 3.63) is 0 Å². The van der Waals surface area contributed by atoms with Crippen LogP contribution in [-0.2, 0) is 9.59 Å². The van der Waals surface area contributed by atoms with Gasteiger partial charge in [-0.3, -0.25) is 9.59 Å². The molecule has 0 spiro atoms. The molecule has 2 N–H and O–H groups in total. The van der Waals surface area contributed by atoms with Gasteiger partial charge in [-0.1, -0.05) is 13.8 Å². The first-order valence-electron chi connectivity index (χ1n) is 4.40. The molecule has 0 aromatic carbocycles. The fourth-order valence-corrected chi connectivity index (χ4v) is 1.06. The summed E-state index contributed by atoms with van der Waals surface area (Å²) in [5.41, 5.74) is 4.99. The van der Waals surface area contributed by atoms with E-state index in [0.29, 0.717) is 6.54 Å². The largest absolute Gasteiger partial charge is 0.368 e. The smallest absolute Gasteiger partial charge is 0.237 e. The standard InChI is InChI=1S/C9H15N3O2/c1-7(2)5-12(6-8(11)13)9(14)3-4-10/h7H,3,5-6H2,1-2H3,(H2,11,13). The van der Waals surface area contributed by atoms with Crippen LogP contribution in [0.15, 0.2) is 0 Å². The minimum Gasteiger partial charge on any atom is -0.368 e. The van der Waals surface area contributed by atoms with Crippen molar-refractivity contribution < 1.29 is 9.59 Å². The minimum absolute atomic E-state index is 0.112. The highest BCUT2D eigenvalue weighted by atomic mass is 16.2. The molecule has 0 saturated heterocycles. The summed E-state index contributed by atoms with van der Waals surface area (Å²) in [6, 6.07) is 1.75. The number of primary amides is 1. The van der Waals surface area contributed by atoms with Gasteiger partial charge >= 0.3 is 0 Å². The molecule has 5 heteroatoms. The normalized spacial score (nSPS) is 9.57. The van der Waals surface area contributed by atoms with Gasteiger partial charge in [0.2, 0.25) is 11.8 Å². The number of carbonyl (C=O) groups excluding carboxylic acids is 2. The fraction of sp³-hybridized carbons (Fsp3) is 0.667. The number of nitrogens with zero attached hydrogens (tertiary/aromatic N) is 2. The molecule has 78 valence electrons. The zero-order chi connectivity index (χ0) is 11.1. The fourth-order valence-electron chi connectivity index (χ4n) is 1.06. The Labute approximate surface area is 83.5 Å². The Kier molecular flexibility index (Phi) is 5.30. The van der Waals surface area contributed by atoms with Crippen LogP contribution < -0.4 is 5.73 Å². The van der Waals surface area contributed by atoms with Crippen molar-refractivity contribution in [3.8, 4) is 6.07 Å². The molecule has 0 aliphatic carbocycles. The summed E-state index contributed by atoms with van der Waals surface area (Å²) in [5.74, 6) is -0.658. The van der Waals surface area contributed by atoms with E-state index in [1.807, 2.05) is 13.8 Å². The molecule has 0 rings (SSSR count). The molecule has 0 heterocycles. The second-order valence-corrected chi connectivity index (χ2v) is 3.47.